The minimum atomic E-state index is -0.776. The smallest absolute Gasteiger partial charge is 0.272 e. The predicted octanol–water partition coefficient (Wildman–Crippen LogP) is 2.15. The monoisotopic (exact) mass is 312 g/mol. The van der Waals surface area contributed by atoms with Crippen molar-refractivity contribution >= 4 is 23.2 Å². The van der Waals surface area contributed by atoms with Gasteiger partial charge in [0.05, 0.1) is 21.8 Å². The van der Waals surface area contributed by atoms with Crippen LogP contribution in [0.25, 0.3) is 0 Å². The third-order valence-corrected chi connectivity index (χ3v) is 4.51. The highest BCUT2D eigenvalue weighted by Crippen LogP contribution is 2.51. The van der Waals surface area contributed by atoms with E-state index >= 15 is 0 Å². The Hall–Kier alpha value is -2.96. The number of rotatable bonds is 2. The van der Waals surface area contributed by atoms with Crippen LogP contribution in [0.1, 0.15) is 18.9 Å². The van der Waals surface area contributed by atoms with E-state index in [0.717, 1.165) is 4.90 Å². The van der Waals surface area contributed by atoms with Gasteiger partial charge in [-0.05, 0) is 32.1 Å². The molecule has 7 nitrogen and oxygen atoms in total. The lowest BCUT2D eigenvalue weighted by Crippen LogP contribution is -2.37. The van der Waals surface area contributed by atoms with Crippen LogP contribution in [-0.4, -0.2) is 22.3 Å². The summed E-state index contributed by atoms with van der Waals surface area (Å²) in [5.41, 5.74) is 0.607. The molecule has 1 atom stereocenters. The summed E-state index contributed by atoms with van der Waals surface area (Å²) in [6.07, 6.45) is 2.38. The first kappa shape index (κ1) is 13.7. The number of aryl methyl sites for hydroxylation is 1. The molecule has 1 aromatic rings. The molecule has 0 radical (unpaired) electrons. The molecule has 1 unspecified atom stereocenters. The number of amides is 2. The molecule has 0 aromatic heterocycles. The zero-order valence-corrected chi connectivity index (χ0v) is 12.5. The quantitative estimate of drug-likeness (QED) is 0.474. The maximum Gasteiger partial charge on any atom is 0.272 e. The fourth-order valence-electron chi connectivity index (χ4n) is 3.39. The van der Waals surface area contributed by atoms with Gasteiger partial charge in [0.15, 0.2) is 0 Å². The standard InChI is InChI=1S/C16H12N2O5/c1-8-7-9(3-4-10(8)18(21)22)17-14(19)12-11-5-6-16(2,23-11)13(12)15(17)20/h3-5,7H,6H2,1-2H3. The second-order valence-corrected chi connectivity index (χ2v) is 6.03. The van der Waals surface area contributed by atoms with Crippen LogP contribution in [0.4, 0.5) is 11.4 Å². The lowest BCUT2D eigenvalue weighted by molar-refractivity contribution is -0.385. The molecule has 116 valence electrons. The molecular formula is C16H12N2O5. The van der Waals surface area contributed by atoms with Crippen molar-refractivity contribution in [1.29, 1.82) is 0 Å². The maximum absolute atomic E-state index is 12.7. The number of hydrogen-bond donors (Lipinski definition) is 0. The van der Waals surface area contributed by atoms with Crippen LogP contribution >= 0.6 is 0 Å². The molecule has 2 bridgehead atoms. The summed E-state index contributed by atoms with van der Waals surface area (Å²) in [7, 11) is 0. The largest absolute Gasteiger partial charge is 0.482 e. The normalized spacial score (nSPS) is 25.0. The Labute approximate surface area is 131 Å². The van der Waals surface area contributed by atoms with Crippen LogP contribution in [-0.2, 0) is 14.3 Å². The molecule has 2 amide bonds. The van der Waals surface area contributed by atoms with Gasteiger partial charge in [0.2, 0.25) is 0 Å². The number of nitro groups is 1. The zero-order valence-electron chi connectivity index (χ0n) is 12.5. The van der Waals surface area contributed by atoms with Gasteiger partial charge in [0, 0.05) is 18.1 Å². The minimum absolute atomic E-state index is 0.0496. The fourth-order valence-corrected chi connectivity index (χ4v) is 3.39. The highest BCUT2D eigenvalue weighted by atomic mass is 16.6. The Kier molecular flexibility index (Phi) is 2.42. The summed E-state index contributed by atoms with van der Waals surface area (Å²) < 4.78 is 5.66. The second kappa shape index (κ2) is 4.07. The van der Waals surface area contributed by atoms with E-state index in [9.17, 15) is 19.7 Å². The van der Waals surface area contributed by atoms with Gasteiger partial charge in [-0.15, -0.1) is 0 Å². The van der Waals surface area contributed by atoms with Crippen molar-refractivity contribution in [3.05, 3.63) is 56.9 Å². The van der Waals surface area contributed by atoms with E-state index in [1.165, 1.54) is 18.2 Å². The van der Waals surface area contributed by atoms with Crippen molar-refractivity contribution in [2.24, 2.45) is 0 Å². The summed E-state index contributed by atoms with van der Waals surface area (Å²) in [5.74, 6) is -0.390. The van der Waals surface area contributed by atoms with Crippen molar-refractivity contribution in [2.75, 3.05) is 4.90 Å². The molecule has 0 N–H and O–H groups in total. The number of nitro benzene ring substituents is 1. The van der Waals surface area contributed by atoms with Gasteiger partial charge in [0.1, 0.15) is 11.4 Å². The Bertz CT molecular complexity index is 882. The Morgan fingerprint density at radius 1 is 1.30 bits per heavy atom. The van der Waals surface area contributed by atoms with E-state index in [1.54, 1.807) is 13.8 Å². The van der Waals surface area contributed by atoms with Crippen LogP contribution in [0.15, 0.2) is 41.2 Å². The van der Waals surface area contributed by atoms with E-state index in [2.05, 4.69) is 0 Å². The molecule has 3 aliphatic rings. The van der Waals surface area contributed by atoms with Crippen molar-refractivity contribution in [3.63, 3.8) is 0 Å². The van der Waals surface area contributed by atoms with Crippen LogP contribution in [0.3, 0.4) is 0 Å². The third-order valence-electron chi connectivity index (χ3n) is 4.51. The van der Waals surface area contributed by atoms with Gasteiger partial charge < -0.3 is 4.74 Å². The van der Waals surface area contributed by atoms with Gasteiger partial charge >= 0.3 is 0 Å². The number of ether oxygens (including phenoxy) is 1. The summed E-state index contributed by atoms with van der Waals surface area (Å²) in [6, 6.07) is 4.21. The van der Waals surface area contributed by atoms with E-state index in [0.29, 0.717) is 34.6 Å². The molecular weight excluding hydrogens is 300 g/mol. The number of nitrogens with zero attached hydrogens (tertiary/aromatic N) is 2. The number of anilines is 1. The van der Waals surface area contributed by atoms with E-state index < -0.39 is 22.3 Å². The van der Waals surface area contributed by atoms with Crippen molar-refractivity contribution in [3.8, 4) is 0 Å². The molecule has 0 saturated heterocycles. The first-order chi connectivity index (χ1) is 10.8. The number of carbonyl (C=O) groups excluding carboxylic acids is 2. The molecule has 0 aliphatic carbocycles. The Morgan fingerprint density at radius 2 is 2.04 bits per heavy atom. The fraction of sp³-hybridized carbons (Fsp3) is 0.250. The van der Waals surface area contributed by atoms with E-state index in [-0.39, 0.29) is 5.69 Å². The maximum atomic E-state index is 12.7. The van der Waals surface area contributed by atoms with Crippen LogP contribution in [0.2, 0.25) is 0 Å². The Morgan fingerprint density at radius 3 is 2.65 bits per heavy atom. The number of carbonyl (C=O) groups is 2. The van der Waals surface area contributed by atoms with Crippen molar-refractivity contribution in [2.45, 2.75) is 25.9 Å². The highest BCUT2D eigenvalue weighted by Gasteiger charge is 2.57. The summed E-state index contributed by atoms with van der Waals surface area (Å²) in [4.78, 5) is 36.9. The zero-order chi connectivity index (χ0) is 16.5. The first-order valence-corrected chi connectivity index (χ1v) is 7.11. The van der Waals surface area contributed by atoms with Crippen molar-refractivity contribution < 1.29 is 19.2 Å². The molecule has 0 fully saturated rings. The average molecular weight is 312 g/mol. The molecule has 0 saturated carbocycles. The molecule has 7 heteroatoms. The summed E-state index contributed by atoms with van der Waals surface area (Å²) >= 11 is 0. The lowest BCUT2D eigenvalue weighted by atomic mass is 9.88. The minimum Gasteiger partial charge on any atom is -0.482 e. The average Bonchev–Trinajstić information content (AvgIpc) is 3.08. The molecule has 4 rings (SSSR count). The topological polar surface area (TPSA) is 89.8 Å². The first-order valence-electron chi connectivity index (χ1n) is 7.11. The SMILES string of the molecule is Cc1cc(N2C(=O)C3=C(C2=O)C2(C)CC=C3O2)ccc1[N+](=O)[O-]. The molecule has 3 aliphatic heterocycles. The lowest BCUT2D eigenvalue weighted by Gasteiger charge is -2.24. The number of imide groups is 1. The second-order valence-electron chi connectivity index (χ2n) is 6.03. The summed E-state index contributed by atoms with van der Waals surface area (Å²) in [6.45, 7) is 3.36. The molecule has 23 heavy (non-hydrogen) atoms. The third kappa shape index (κ3) is 1.59. The van der Waals surface area contributed by atoms with Crippen LogP contribution in [0, 0.1) is 17.0 Å². The number of fused-ring (bicyclic) bond motifs is 4. The van der Waals surface area contributed by atoms with E-state index in [1.807, 2.05) is 6.08 Å². The highest BCUT2D eigenvalue weighted by molar-refractivity contribution is 6.35. The van der Waals surface area contributed by atoms with Gasteiger partial charge in [-0.1, -0.05) is 0 Å². The van der Waals surface area contributed by atoms with Gasteiger partial charge in [0.25, 0.3) is 17.5 Å². The van der Waals surface area contributed by atoms with Crippen LogP contribution in [0.5, 0.6) is 0 Å². The van der Waals surface area contributed by atoms with Gasteiger partial charge in [-0.3, -0.25) is 19.7 Å². The van der Waals surface area contributed by atoms with Gasteiger partial charge in [-0.2, -0.15) is 0 Å². The number of hydrogen-bond acceptors (Lipinski definition) is 5. The Balaban J connectivity index is 1.78. The van der Waals surface area contributed by atoms with Crippen LogP contribution < -0.4 is 4.90 Å². The van der Waals surface area contributed by atoms with Crippen molar-refractivity contribution in [1.82, 2.24) is 0 Å². The molecule has 1 aromatic carbocycles. The molecule has 0 spiro atoms. The van der Waals surface area contributed by atoms with E-state index in [4.69, 9.17) is 4.74 Å². The van der Waals surface area contributed by atoms with Gasteiger partial charge in [-0.25, -0.2) is 4.90 Å². The predicted molar refractivity (Wildman–Crippen MR) is 79.5 cm³/mol. The number of benzene rings is 1. The molecule has 3 heterocycles. The summed E-state index contributed by atoms with van der Waals surface area (Å²) in [5, 5.41) is 10.9.